The van der Waals surface area contributed by atoms with Gasteiger partial charge in [-0.1, -0.05) is 23.7 Å². The molecule has 0 aliphatic carbocycles. The third-order valence-electron chi connectivity index (χ3n) is 5.83. The smallest absolute Gasteiger partial charge is 0.262 e. The fourth-order valence-corrected chi connectivity index (χ4v) is 5.45. The molecule has 1 N–H and O–H groups in total. The molecule has 0 unspecified atom stereocenters. The van der Waals surface area contributed by atoms with Crippen LogP contribution in [-0.2, 0) is 16.6 Å². The maximum Gasteiger partial charge on any atom is 0.262 e. The Kier molecular flexibility index (Phi) is 6.12. The number of nitrogens with one attached hydrogen (secondary N) is 1. The zero-order valence-corrected chi connectivity index (χ0v) is 20.7. The van der Waals surface area contributed by atoms with Crippen LogP contribution < -0.4 is 19.1 Å². The van der Waals surface area contributed by atoms with Crippen LogP contribution in [0.5, 0.6) is 11.6 Å². The normalized spacial score (nSPS) is 13.3. The standard InChI is InChI=1S/C25H23ClN4O4S/c1-16-19(26)4-3-5-24(16)35(31,32)29-21-13-18-14-27-9-8-20(18)28-25(21)34-15-17-6-7-23-22(12-17)30(2)10-11-33-23/h3-9,12-14,29H,10-11,15H2,1-2H3. The van der Waals surface area contributed by atoms with Crippen LogP contribution in [0, 0.1) is 6.92 Å². The molecule has 0 bridgehead atoms. The lowest BCUT2D eigenvalue weighted by molar-refractivity contribution is 0.294. The van der Waals surface area contributed by atoms with Crippen molar-refractivity contribution in [3.63, 3.8) is 0 Å². The second kappa shape index (κ2) is 9.24. The highest BCUT2D eigenvalue weighted by Gasteiger charge is 2.22. The minimum absolute atomic E-state index is 0.0833. The van der Waals surface area contributed by atoms with E-state index in [1.54, 1.807) is 43.6 Å². The van der Waals surface area contributed by atoms with Crippen LogP contribution in [0.4, 0.5) is 11.4 Å². The predicted octanol–water partition coefficient (Wildman–Crippen LogP) is 4.80. The van der Waals surface area contributed by atoms with E-state index < -0.39 is 10.0 Å². The molecule has 0 radical (unpaired) electrons. The van der Waals surface area contributed by atoms with E-state index in [0.29, 0.717) is 28.1 Å². The van der Waals surface area contributed by atoms with Gasteiger partial charge in [0.25, 0.3) is 10.0 Å². The summed E-state index contributed by atoms with van der Waals surface area (Å²) in [5, 5.41) is 1.04. The Hall–Kier alpha value is -3.56. The van der Waals surface area contributed by atoms with Crippen molar-refractivity contribution in [1.29, 1.82) is 0 Å². The van der Waals surface area contributed by atoms with Gasteiger partial charge in [0, 0.05) is 29.9 Å². The van der Waals surface area contributed by atoms with Crippen molar-refractivity contribution in [1.82, 2.24) is 9.97 Å². The number of hydrogen-bond donors (Lipinski definition) is 1. The SMILES string of the molecule is Cc1c(Cl)cccc1S(=O)(=O)Nc1cc2cnccc2nc1OCc1ccc2c(c1)N(C)CCO2. The Morgan fingerprint density at radius 2 is 2.06 bits per heavy atom. The van der Waals surface area contributed by atoms with Crippen LogP contribution in [0.25, 0.3) is 10.9 Å². The molecule has 0 saturated heterocycles. The largest absolute Gasteiger partial charge is 0.490 e. The first-order valence-corrected chi connectivity index (χ1v) is 12.8. The maximum absolute atomic E-state index is 13.2. The second-order valence-corrected chi connectivity index (χ2v) is 10.3. The number of pyridine rings is 2. The Labute approximate surface area is 208 Å². The molecule has 8 nitrogen and oxygen atoms in total. The first-order chi connectivity index (χ1) is 16.8. The van der Waals surface area contributed by atoms with Gasteiger partial charge in [0.05, 0.1) is 22.6 Å². The number of benzene rings is 2. The van der Waals surface area contributed by atoms with Crippen LogP contribution >= 0.6 is 11.6 Å². The summed E-state index contributed by atoms with van der Waals surface area (Å²) in [4.78, 5) is 10.9. The van der Waals surface area contributed by atoms with Gasteiger partial charge in [0.15, 0.2) is 0 Å². The van der Waals surface area contributed by atoms with Gasteiger partial charge in [-0.2, -0.15) is 0 Å². The molecule has 4 aromatic rings. The predicted molar refractivity (Wildman–Crippen MR) is 136 cm³/mol. The van der Waals surface area contributed by atoms with E-state index in [1.807, 2.05) is 25.2 Å². The number of nitrogens with zero attached hydrogens (tertiary/aromatic N) is 3. The molecule has 180 valence electrons. The van der Waals surface area contributed by atoms with Crippen molar-refractivity contribution >= 4 is 43.9 Å². The minimum Gasteiger partial charge on any atom is -0.490 e. The van der Waals surface area contributed by atoms with Crippen LogP contribution in [0.15, 0.2) is 65.8 Å². The highest BCUT2D eigenvalue weighted by molar-refractivity contribution is 7.92. The number of sulfonamides is 1. The van der Waals surface area contributed by atoms with E-state index in [2.05, 4.69) is 19.6 Å². The monoisotopic (exact) mass is 510 g/mol. The quantitative estimate of drug-likeness (QED) is 0.398. The molecule has 0 fully saturated rings. The van der Waals surface area contributed by atoms with E-state index in [9.17, 15) is 8.42 Å². The van der Waals surface area contributed by atoms with E-state index in [-0.39, 0.29) is 23.1 Å². The molecule has 35 heavy (non-hydrogen) atoms. The number of anilines is 2. The van der Waals surface area contributed by atoms with Crippen molar-refractivity contribution in [3.8, 4) is 11.6 Å². The fraction of sp³-hybridized carbons (Fsp3) is 0.200. The van der Waals surface area contributed by atoms with Crippen molar-refractivity contribution in [2.75, 3.05) is 29.8 Å². The van der Waals surface area contributed by atoms with E-state index in [0.717, 1.165) is 23.5 Å². The molecule has 2 aromatic heterocycles. The third-order valence-corrected chi connectivity index (χ3v) is 7.75. The van der Waals surface area contributed by atoms with Crippen molar-refractivity contribution in [2.45, 2.75) is 18.4 Å². The highest BCUT2D eigenvalue weighted by Crippen LogP contribution is 2.34. The van der Waals surface area contributed by atoms with Crippen molar-refractivity contribution in [3.05, 3.63) is 77.1 Å². The molecule has 1 aliphatic rings. The van der Waals surface area contributed by atoms with Crippen molar-refractivity contribution in [2.24, 2.45) is 0 Å². The summed E-state index contributed by atoms with van der Waals surface area (Å²) in [6, 6.07) is 14.0. The van der Waals surface area contributed by atoms with E-state index >= 15 is 0 Å². The van der Waals surface area contributed by atoms with Crippen LogP contribution in [-0.4, -0.2) is 38.6 Å². The van der Waals surface area contributed by atoms with Crippen LogP contribution in [0.1, 0.15) is 11.1 Å². The van der Waals surface area contributed by atoms with Gasteiger partial charge in [0.2, 0.25) is 5.88 Å². The summed E-state index contributed by atoms with van der Waals surface area (Å²) in [7, 11) is -1.95. The molecule has 5 rings (SSSR count). The molecule has 3 heterocycles. The van der Waals surface area contributed by atoms with Gasteiger partial charge in [-0.05, 0) is 54.4 Å². The minimum atomic E-state index is -3.96. The summed E-state index contributed by atoms with van der Waals surface area (Å²) < 4.78 is 40.9. The number of aromatic nitrogens is 2. The third kappa shape index (κ3) is 4.69. The number of halogens is 1. The number of ether oxygens (including phenoxy) is 2. The fourth-order valence-electron chi connectivity index (χ4n) is 3.90. The van der Waals surface area contributed by atoms with E-state index in [1.165, 1.54) is 6.07 Å². The number of fused-ring (bicyclic) bond motifs is 2. The van der Waals surface area contributed by atoms with E-state index in [4.69, 9.17) is 21.1 Å². The number of likely N-dealkylation sites (N-methyl/N-ethyl adjacent to an activating group) is 1. The number of rotatable bonds is 6. The Bertz CT molecular complexity index is 1530. The Balaban J connectivity index is 1.48. The molecule has 0 amide bonds. The van der Waals surface area contributed by atoms with Crippen molar-refractivity contribution < 1.29 is 17.9 Å². The Morgan fingerprint density at radius 1 is 1.20 bits per heavy atom. The molecule has 10 heteroatoms. The zero-order chi connectivity index (χ0) is 24.6. The van der Waals surface area contributed by atoms with Crippen LogP contribution in [0.3, 0.4) is 0 Å². The van der Waals surface area contributed by atoms with Gasteiger partial charge in [0.1, 0.15) is 24.7 Å². The van der Waals surface area contributed by atoms with Gasteiger partial charge >= 0.3 is 0 Å². The van der Waals surface area contributed by atoms with Gasteiger partial charge in [-0.3, -0.25) is 9.71 Å². The topological polar surface area (TPSA) is 93.7 Å². The summed E-state index contributed by atoms with van der Waals surface area (Å²) in [5.41, 5.74) is 3.18. The summed E-state index contributed by atoms with van der Waals surface area (Å²) in [5.74, 6) is 0.985. The second-order valence-electron chi connectivity index (χ2n) is 8.24. The number of hydrogen-bond acceptors (Lipinski definition) is 7. The first-order valence-electron chi connectivity index (χ1n) is 10.9. The average molecular weight is 511 g/mol. The summed E-state index contributed by atoms with van der Waals surface area (Å²) >= 11 is 6.16. The molecule has 1 aliphatic heterocycles. The summed E-state index contributed by atoms with van der Waals surface area (Å²) in [6.07, 6.45) is 3.24. The first kappa shape index (κ1) is 23.2. The molecule has 0 saturated carbocycles. The Morgan fingerprint density at radius 3 is 2.91 bits per heavy atom. The highest BCUT2D eigenvalue weighted by atomic mass is 35.5. The molecule has 0 spiro atoms. The van der Waals surface area contributed by atoms with Gasteiger partial charge < -0.3 is 14.4 Å². The van der Waals surface area contributed by atoms with Gasteiger partial charge in [-0.15, -0.1) is 0 Å². The molecular weight excluding hydrogens is 488 g/mol. The summed E-state index contributed by atoms with van der Waals surface area (Å²) in [6.45, 7) is 3.29. The lowest BCUT2D eigenvalue weighted by atomic mass is 10.1. The lowest BCUT2D eigenvalue weighted by Crippen LogP contribution is -2.28. The zero-order valence-electron chi connectivity index (χ0n) is 19.2. The molecule has 2 aromatic carbocycles. The molecule has 0 atom stereocenters. The van der Waals surface area contributed by atoms with Crippen LogP contribution in [0.2, 0.25) is 5.02 Å². The average Bonchev–Trinajstić information content (AvgIpc) is 2.84. The maximum atomic E-state index is 13.2. The van der Waals surface area contributed by atoms with Gasteiger partial charge in [-0.25, -0.2) is 13.4 Å². The molecular formula is C25H23ClN4O4S. The lowest BCUT2D eigenvalue weighted by Gasteiger charge is -2.28.